The third-order valence-electron chi connectivity index (χ3n) is 2.01. The van der Waals surface area contributed by atoms with Crippen molar-refractivity contribution in [2.45, 2.75) is 13.8 Å². The highest BCUT2D eigenvalue weighted by Crippen LogP contribution is 2.12. The molecule has 0 radical (unpaired) electrons. The number of esters is 1. The van der Waals surface area contributed by atoms with Crippen LogP contribution in [-0.4, -0.2) is 36.6 Å². The van der Waals surface area contributed by atoms with E-state index in [-0.39, 0.29) is 12.5 Å². The van der Waals surface area contributed by atoms with Crippen LogP contribution < -0.4 is 4.90 Å². The van der Waals surface area contributed by atoms with Gasteiger partial charge in [-0.1, -0.05) is 0 Å². The summed E-state index contributed by atoms with van der Waals surface area (Å²) < 4.78 is 4.58. The van der Waals surface area contributed by atoms with Gasteiger partial charge in [0.05, 0.1) is 18.5 Å². The van der Waals surface area contributed by atoms with Crippen LogP contribution in [-0.2, 0) is 9.53 Å². The highest BCUT2D eigenvalue weighted by atomic mass is 16.5. The summed E-state index contributed by atoms with van der Waals surface area (Å²) in [5.41, 5.74) is 1.62. The molecular formula is C10H15N3O2. The lowest BCUT2D eigenvalue weighted by atomic mass is 10.4. The van der Waals surface area contributed by atoms with E-state index in [1.807, 2.05) is 13.8 Å². The van der Waals surface area contributed by atoms with E-state index in [0.717, 1.165) is 11.4 Å². The van der Waals surface area contributed by atoms with Crippen LogP contribution in [0.3, 0.4) is 0 Å². The Morgan fingerprint density at radius 1 is 1.53 bits per heavy atom. The van der Waals surface area contributed by atoms with Gasteiger partial charge in [0.2, 0.25) is 0 Å². The Hall–Kier alpha value is -1.65. The molecule has 1 heterocycles. The molecule has 0 fully saturated rings. The summed E-state index contributed by atoms with van der Waals surface area (Å²) in [6.45, 7) is 3.90. The van der Waals surface area contributed by atoms with Gasteiger partial charge in [-0.3, -0.25) is 9.78 Å². The van der Waals surface area contributed by atoms with Crippen molar-refractivity contribution in [3.05, 3.63) is 17.6 Å². The van der Waals surface area contributed by atoms with Gasteiger partial charge in [0.1, 0.15) is 6.54 Å². The predicted molar refractivity (Wildman–Crippen MR) is 56.8 cm³/mol. The smallest absolute Gasteiger partial charge is 0.325 e. The molecule has 82 valence electrons. The van der Waals surface area contributed by atoms with Gasteiger partial charge in [-0.25, -0.2) is 4.98 Å². The van der Waals surface area contributed by atoms with Crippen molar-refractivity contribution in [3.63, 3.8) is 0 Å². The Bertz CT molecular complexity index is 366. The first-order chi connectivity index (χ1) is 7.04. The van der Waals surface area contributed by atoms with E-state index >= 15 is 0 Å². The van der Waals surface area contributed by atoms with Crippen LogP contribution in [0.1, 0.15) is 11.4 Å². The molecule has 0 amide bonds. The molecule has 0 aliphatic heterocycles. The number of anilines is 1. The molecule has 0 saturated carbocycles. The lowest BCUT2D eigenvalue weighted by molar-refractivity contribution is -0.138. The van der Waals surface area contributed by atoms with Gasteiger partial charge in [0, 0.05) is 13.2 Å². The largest absolute Gasteiger partial charge is 0.468 e. The van der Waals surface area contributed by atoms with E-state index in [9.17, 15) is 4.79 Å². The zero-order valence-corrected chi connectivity index (χ0v) is 9.44. The van der Waals surface area contributed by atoms with Gasteiger partial charge in [-0.15, -0.1) is 0 Å². The van der Waals surface area contributed by atoms with Crippen LogP contribution in [0.5, 0.6) is 0 Å². The SMILES string of the molecule is COC(=O)CN(C)c1nc(C)cnc1C. The number of carbonyl (C=O) groups excluding carboxylic acids is 1. The molecule has 0 aromatic carbocycles. The fourth-order valence-corrected chi connectivity index (χ4v) is 1.22. The molecule has 0 aliphatic rings. The van der Waals surface area contributed by atoms with Gasteiger partial charge in [0.25, 0.3) is 0 Å². The number of likely N-dealkylation sites (N-methyl/N-ethyl adjacent to an activating group) is 1. The number of carbonyl (C=O) groups is 1. The summed E-state index contributed by atoms with van der Waals surface area (Å²) in [5.74, 6) is 0.417. The molecule has 1 aromatic heterocycles. The van der Waals surface area contributed by atoms with Crippen molar-refractivity contribution in [1.82, 2.24) is 9.97 Å². The molecule has 0 atom stereocenters. The number of rotatable bonds is 3. The third-order valence-corrected chi connectivity index (χ3v) is 2.01. The highest BCUT2D eigenvalue weighted by molar-refractivity contribution is 5.75. The Balaban J connectivity index is 2.85. The molecule has 0 N–H and O–H groups in total. The number of methoxy groups -OCH3 is 1. The van der Waals surface area contributed by atoms with E-state index in [0.29, 0.717) is 5.82 Å². The van der Waals surface area contributed by atoms with Crippen molar-refractivity contribution in [2.24, 2.45) is 0 Å². The lowest BCUT2D eigenvalue weighted by Crippen LogP contribution is -2.28. The fourth-order valence-electron chi connectivity index (χ4n) is 1.22. The molecule has 15 heavy (non-hydrogen) atoms. The van der Waals surface area contributed by atoms with Crippen LogP contribution in [0.2, 0.25) is 0 Å². The molecule has 5 heteroatoms. The first kappa shape index (κ1) is 11.4. The molecule has 0 aliphatic carbocycles. The monoisotopic (exact) mass is 209 g/mol. The first-order valence-corrected chi connectivity index (χ1v) is 4.62. The topological polar surface area (TPSA) is 55.3 Å². The molecule has 5 nitrogen and oxygen atoms in total. The third kappa shape index (κ3) is 2.90. The van der Waals surface area contributed by atoms with Crippen LogP contribution >= 0.6 is 0 Å². The molecule has 1 rings (SSSR count). The Kier molecular flexibility index (Phi) is 3.60. The minimum atomic E-state index is -0.291. The maximum absolute atomic E-state index is 11.1. The summed E-state index contributed by atoms with van der Waals surface area (Å²) >= 11 is 0. The Morgan fingerprint density at radius 2 is 2.20 bits per heavy atom. The van der Waals surface area contributed by atoms with Crippen molar-refractivity contribution in [2.75, 3.05) is 25.6 Å². The standard InChI is InChI=1S/C10H15N3O2/c1-7-5-11-8(2)10(12-7)13(3)6-9(14)15-4/h5H,6H2,1-4H3. The van der Waals surface area contributed by atoms with E-state index in [1.165, 1.54) is 7.11 Å². The number of ether oxygens (including phenoxy) is 1. The average molecular weight is 209 g/mol. The van der Waals surface area contributed by atoms with Gasteiger partial charge in [0.15, 0.2) is 5.82 Å². The molecule has 0 unspecified atom stereocenters. The summed E-state index contributed by atoms with van der Waals surface area (Å²) in [4.78, 5) is 21.3. The molecule has 1 aromatic rings. The van der Waals surface area contributed by atoms with Gasteiger partial charge < -0.3 is 9.64 Å². The van der Waals surface area contributed by atoms with E-state index in [2.05, 4.69) is 14.7 Å². The summed E-state index contributed by atoms with van der Waals surface area (Å²) in [5, 5.41) is 0. The lowest BCUT2D eigenvalue weighted by Gasteiger charge is -2.18. The van der Waals surface area contributed by atoms with Crippen LogP contribution in [0.4, 0.5) is 5.82 Å². The fraction of sp³-hybridized carbons (Fsp3) is 0.500. The number of hydrogen-bond acceptors (Lipinski definition) is 5. The maximum Gasteiger partial charge on any atom is 0.325 e. The second-order valence-electron chi connectivity index (χ2n) is 3.35. The van der Waals surface area contributed by atoms with E-state index in [4.69, 9.17) is 0 Å². The minimum absolute atomic E-state index is 0.176. The maximum atomic E-state index is 11.1. The molecule has 0 saturated heterocycles. The van der Waals surface area contributed by atoms with Crippen molar-refractivity contribution in [3.8, 4) is 0 Å². The highest BCUT2D eigenvalue weighted by Gasteiger charge is 2.11. The quantitative estimate of drug-likeness (QED) is 0.686. The Labute approximate surface area is 89.1 Å². The van der Waals surface area contributed by atoms with Gasteiger partial charge >= 0.3 is 5.97 Å². The predicted octanol–water partition coefficient (Wildman–Crippen LogP) is 0.703. The number of aryl methyl sites for hydroxylation is 2. The second kappa shape index (κ2) is 4.72. The van der Waals surface area contributed by atoms with Gasteiger partial charge in [-0.05, 0) is 13.8 Å². The summed E-state index contributed by atoms with van der Waals surface area (Å²) in [6, 6.07) is 0. The zero-order valence-electron chi connectivity index (χ0n) is 9.44. The molecule has 0 spiro atoms. The van der Waals surface area contributed by atoms with Crippen LogP contribution in [0.15, 0.2) is 6.20 Å². The van der Waals surface area contributed by atoms with Crippen molar-refractivity contribution in [1.29, 1.82) is 0 Å². The average Bonchev–Trinajstić information content (AvgIpc) is 2.21. The molecular weight excluding hydrogens is 194 g/mol. The second-order valence-corrected chi connectivity index (χ2v) is 3.35. The zero-order chi connectivity index (χ0) is 11.4. The van der Waals surface area contributed by atoms with E-state index < -0.39 is 0 Å². The van der Waals surface area contributed by atoms with Crippen molar-refractivity contribution < 1.29 is 9.53 Å². The van der Waals surface area contributed by atoms with Crippen molar-refractivity contribution >= 4 is 11.8 Å². The minimum Gasteiger partial charge on any atom is -0.468 e. The van der Waals surface area contributed by atoms with E-state index in [1.54, 1.807) is 18.1 Å². The summed E-state index contributed by atoms with van der Waals surface area (Å²) in [7, 11) is 3.15. The number of aromatic nitrogens is 2. The number of nitrogens with zero attached hydrogens (tertiary/aromatic N) is 3. The normalized spacial score (nSPS) is 9.87. The van der Waals surface area contributed by atoms with Crippen LogP contribution in [0, 0.1) is 13.8 Å². The Morgan fingerprint density at radius 3 is 2.80 bits per heavy atom. The summed E-state index contributed by atoms with van der Waals surface area (Å²) in [6.07, 6.45) is 1.70. The molecule has 0 bridgehead atoms. The van der Waals surface area contributed by atoms with Gasteiger partial charge in [-0.2, -0.15) is 0 Å². The number of hydrogen-bond donors (Lipinski definition) is 0. The first-order valence-electron chi connectivity index (χ1n) is 4.62. The van der Waals surface area contributed by atoms with Crippen LogP contribution in [0.25, 0.3) is 0 Å².